The van der Waals surface area contributed by atoms with Gasteiger partial charge in [-0.15, -0.1) is 0 Å². The quantitative estimate of drug-likeness (QED) is 0.837. The Bertz CT molecular complexity index is 707. The maximum absolute atomic E-state index is 11.8. The molecule has 2 rings (SSSR count). The number of carbonyl (C=O) groups is 1. The predicted octanol–water partition coefficient (Wildman–Crippen LogP) is 0.720. The molecule has 8 heteroatoms. The van der Waals surface area contributed by atoms with Crippen molar-refractivity contribution >= 4 is 27.0 Å². The number of carboxylic acids is 1. The van der Waals surface area contributed by atoms with Gasteiger partial charge in [0.1, 0.15) is 17.5 Å². The van der Waals surface area contributed by atoms with Crippen molar-refractivity contribution < 1.29 is 22.8 Å². The van der Waals surface area contributed by atoms with E-state index in [2.05, 4.69) is 5.16 Å². The highest BCUT2D eigenvalue weighted by atomic mass is 32.2. The highest BCUT2D eigenvalue weighted by molar-refractivity contribution is 7.88. The van der Waals surface area contributed by atoms with Crippen LogP contribution in [0.5, 0.6) is 0 Å². The standard InChI is InChI=1S/C11H12N2O5S/c1-7(11(14)15)13-19(16,17)6-9-8-4-2-3-5-10(8)18-12-9/h2-5,7,13H,6H2,1H3,(H,14,15)/t7-/m1/s1. The van der Waals surface area contributed by atoms with Crippen molar-refractivity contribution in [2.45, 2.75) is 18.7 Å². The zero-order valence-electron chi connectivity index (χ0n) is 10.0. The van der Waals surface area contributed by atoms with Crippen molar-refractivity contribution in [1.29, 1.82) is 0 Å². The second-order valence-electron chi connectivity index (χ2n) is 4.06. The minimum atomic E-state index is -3.79. The fraction of sp³-hybridized carbons (Fsp3) is 0.273. The number of benzene rings is 1. The summed E-state index contributed by atoms with van der Waals surface area (Å²) in [6.07, 6.45) is 0. The molecule has 1 atom stereocenters. The number of nitrogens with zero attached hydrogens (tertiary/aromatic N) is 1. The van der Waals surface area contributed by atoms with Crippen molar-refractivity contribution in [1.82, 2.24) is 9.88 Å². The molecule has 7 nitrogen and oxygen atoms in total. The lowest BCUT2D eigenvalue weighted by atomic mass is 10.2. The first kappa shape index (κ1) is 13.5. The summed E-state index contributed by atoms with van der Waals surface area (Å²) in [5.74, 6) is -1.67. The van der Waals surface area contributed by atoms with E-state index in [0.29, 0.717) is 11.0 Å². The topological polar surface area (TPSA) is 110 Å². The van der Waals surface area contributed by atoms with Crippen LogP contribution in [-0.4, -0.2) is 30.7 Å². The summed E-state index contributed by atoms with van der Waals surface area (Å²) in [5.41, 5.74) is 0.736. The van der Waals surface area contributed by atoms with Gasteiger partial charge in [0.05, 0.1) is 0 Å². The van der Waals surface area contributed by atoms with Gasteiger partial charge in [0.15, 0.2) is 5.58 Å². The van der Waals surface area contributed by atoms with Crippen LogP contribution in [0, 0.1) is 0 Å². The molecule has 0 spiro atoms. The van der Waals surface area contributed by atoms with E-state index in [1.807, 2.05) is 4.72 Å². The van der Waals surface area contributed by atoms with Crippen molar-refractivity contribution in [2.24, 2.45) is 0 Å². The van der Waals surface area contributed by atoms with Crippen LogP contribution < -0.4 is 4.72 Å². The second-order valence-corrected chi connectivity index (χ2v) is 5.82. The molecule has 0 aliphatic rings. The molecule has 1 heterocycles. The van der Waals surface area contributed by atoms with Crippen LogP contribution in [0.1, 0.15) is 12.6 Å². The van der Waals surface area contributed by atoms with Gasteiger partial charge in [-0.25, -0.2) is 13.1 Å². The highest BCUT2D eigenvalue weighted by Gasteiger charge is 2.22. The maximum Gasteiger partial charge on any atom is 0.321 e. The summed E-state index contributed by atoms with van der Waals surface area (Å²) in [5, 5.41) is 13.0. The van der Waals surface area contributed by atoms with Gasteiger partial charge in [-0.3, -0.25) is 4.79 Å². The summed E-state index contributed by atoms with van der Waals surface area (Å²) in [6, 6.07) is 5.66. The zero-order chi connectivity index (χ0) is 14.0. The van der Waals surface area contributed by atoms with Crippen LogP contribution in [0.25, 0.3) is 11.0 Å². The molecule has 2 aromatic rings. The smallest absolute Gasteiger partial charge is 0.321 e. The minimum Gasteiger partial charge on any atom is -0.480 e. The Kier molecular flexibility index (Phi) is 3.54. The number of aromatic nitrogens is 1. The summed E-state index contributed by atoms with van der Waals surface area (Å²) in [7, 11) is -3.79. The number of hydrogen-bond donors (Lipinski definition) is 2. The summed E-state index contributed by atoms with van der Waals surface area (Å²) in [4.78, 5) is 10.6. The molecule has 102 valence electrons. The largest absolute Gasteiger partial charge is 0.480 e. The number of nitrogens with one attached hydrogen (secondary N) is 1. The number of para-hydroxylation sites is 1. The van der Waals surface area contributed by atoms with Crippen LogP contribution in [-0.2, 0) is 20.6 Å². The average molecular weight is 284 g/mol. The highest BCUT2D eigenvalue weighted by Crippen LogP contribution is 2.19. The lowest BCUT2D eigenvalue weighted by molar-refractivity contribution is -0.138. The maximum atomic E-state index is 11.8. The molecule has 0 fully saturated rings. The van der Waals surface area contributed by atoms with Crippen LogP contribution in [0.4, 0.5) is 0 Å². The molecule has 1 aromatic heterocycles. The first-order chi connectivity index (χ1) is 8.89. The number of carboxylic acid groups (broad SMARTS) is 1. The molecule has 1 aromatic carbocycles. The Morgan fingerprint density at radius 1 is 1.47 bits per heavy atom. The molecule has 19 heavy (non-hydrogen) atoms. The summed E-state index contributed by atoms with van der Waals surface area (Å²) < 4.78 is 30.6. The van der Waals surface area contributed by atoms with Gasteiger partial charge in [-0.05, 0) is 19.1 Å². The van der Waals surface area contributed by atoms with Gasteiger partial charge in [-0.2, -0.15) is 0 Å². The van der Waals surface area contributed by atoms with Gasteiger partial charge < -0.3 is 9.63 Å². The van der Waals surface area contributed by atoms with Gasteiger partial charge in [0, 0.05) is 5.39 Å². The normalized spacial score (nSPS) is 13.5. The van der Waals surface area contributed by atoms with Gasteiger partial charge in [0.25, 0.3) is 0 Å². The van der Waals surface area contributed by atoms with E-state index < -0.39 is 27.8 Å². The first-order valence-electron chi connectivity index (χ1n) is 5.45. The number of rotatable bonds is 5. The molecule has 0 saturated heterocycles. The molecule has 0 radical (unpaired) electrons. The molecule has 0 saturated carbocycles. The number of fused-ring (bicyclic) bond motifs is 1. The van der Waals surface area contributed by atoms with Crippen LogP contribution >= 0.6 is 0 Å². The zero-order valence-corrected chi connectivity index (χ0v) is 10.8. The fourth-order valence-electron chi connectivity index (χ4n) is 1.58. The van der Waals surface area contributed by atoms with Crippen molar-refractivity contribution in [3.63, 3.8) is 0 Å². The summed E-state index contributed by atoms with van der Waals surface area (Å²) in [6.45, 7) is 1.25. The molecule has 0 amide bonds. The Morgan fingerprint density at radius 3 is 2.84 bits per heavy atom. The van der Waals surface area contributed by atoms with Crippen LogP contribution in [0.15, 0.2) is 28.8 Å². The molecule has 0 unspecified atom stereocenters. The minimum absolute atomic E-state index is 0.251. The van der Waals surface area contributed by atoms with Crippen LogP contribution in [0.3, 0.4) is 0 Å². The Hall–Kier alpha value is -1.93. The molecular weight excluding hydrogens is 272 g/mol. The van der Waals surface area contributed by atoms with E-state index in [-0.39, 0.29) is 5.69 Å². The van der Waals surface area contributed by atoms with Gasteiger partial charge in [-0.1, -0.05) is 17.3 Å². The van der Waals surface area contributed by atoms with Crippen LogP contribution in [0.2, 0.25) is 0 Å². The van der Waals surface area contributed by atoms with Gasteiger partial charge >= 0.3 is 5.97 Å². The third kappa shape index (κ3) is 3.09. The Balaban J connectivity index is 2.23. The SMILES string of the molecule is C[C@@H](NS(=O)(=O)Cc1noc2ccccc12)C(=O)O. The van der Waals surface area contributed by atoms with E-state index in [1.54, 1.807) is 24.3 Å². The molecule has 0 aliphatic heterocycles. The lowest BCUT2D eigenvalue weighted by Gasteiger charge is -2.08. The van der Waals surface area contributed by atoms with E-state index in [4.69, 9.17) is 9.63 Å². The predicted molar refractivity (Wildman–Crippen MR) is 66.9 cm³/mol. The third-order valence-electron chi connectivity index (χ3n) is 2.51. The Morgan fingerprint density at radius 2 is 2.16 bits per heavy atom. The average Bonchev–Trinajstić information content (AvgIpc) is 2.71. The molecule has 0 bridgehead atoms. The fourth-order valence-corrected chi connectivity index (χ4v) is 2.87. The summed E-state index contributed by atoms with van der Waals surface area (Å²) >= 11 is 0. The molecule has 2 N–H and O–H groups in total. The monoisotopic (exact) mass is 284 g/mol. The lowest BCUT2D eigenvalue weighted by Crippen LogP contribution is -2.38. The van der Waals surface area contributed by atoms with Crippen molar-refractivity contribution in [3.8, 4) is 0 Å². The molecule has 0 aliphatic carbocycles. The second kappa shape index (κ2) is 4.98. The van der Waals surface area contributed by atoms with Crippen molar-refractivity contribution in [3.05, 3.63) is 30.0 Å². The third-order valence-corrected chi connectivity index (χ3v) is 3.87. The number of hydrogen-bond acceptors (Lipinski definition) is 5. The first-order valence-corrected chi connectivity index (χ1v) is 7.10. The van der Waals surface area contributed by atoms with Gasteiger partial charge in [0.2, 0.25) is 10.0 Å². The van der Waals surface area contributed by atoms with Crippen molar-refractivity contribution in [2.75, 3.05) is 0 Å². The van der Waals surface area contributed by atoms with E-state index in [9.17, 15) is 13.2 Å². The number of sulfonamides is 1. The Labute approximate surface area is 109 Å². The van der Waals surface area contributed by atoms with E-state index in [1.165, 1.54) is 6.92 Å². The molecular formula is C11H12N2O5S. The van der Waals surface area contributed by atoms with E-state index >= 15 is 0 Å². The van der Waals surface area contributed by atoms with E-state index in [0.717, 1.165) is 0 Å². The number of aliphatic carboxylic acids is 1.